The van der Waals surface area contributed by atoms with Gasteiger partial charge in [0.15, 0.2) is 11.6 Å². The first-order valence-electron chi connectivity index (χ1n) is 11.6. The van der Waals surface area contributed by atoms with Gasteiger partial charge in [-0.15, -0.1) is 0 Å². The van der Waals surface area contributed by atoms with E-state index in [2.05, 4.69) is 82.3 Å². The Morgan fingerprint density at radius 1 is 0.882 bits per heavy atom. The average Bonchev–Trinajstić information content (AvgIpc) is 3.30. The first-order valence-corrected chi connectivity index (χ1v) is 12.7. The van der Waals surface area contributed by atoms with E-state index < -0.39 is 3.79 Å². The van der Waals surface area contributed by atoms with Crippen molar-refractivity contribution in [1.29, 1.82) is 0 Å². The minimum Gasteiger partial charge on any atom is -0.350 e. The lowest BCUT2D eigenvalue weighted by atomic mass is 9.87. The maximum absolute atomic E-state index is 6.14. The largest absolute Gasteiger partial charge is 0.350 e. The number of alkyl halides is 3. The van der Waals surface area contributed by atoms with Gasteiger partial charge in [-0.2, -0.15) is 9.97 Å². The van der Waals surface area contributed by atoms with Crippen LogP contribution in [0, 0.1) is 0 Å². The highest BCUT2D eigenvalue weighted by atomic mass is 35.6. The van der Waals surface area contributed by atoms with Crippen LogP contribution in [0.4, 0.5) is 5.95 Å². The standard InChI is InChI=1S/C26H30Cl3N5/c1-25(2,3)21-11-9-20(10-12-21)22-31-23(26(27,28)29)33-24(32-22)30-16-18-7-6-8-19(15-18)17-34-13-4-5-14-34/h6-12,15H,4-5,13-14,16-17H2,1-3H3,(H,30,31,32,33). The van der Waals surface area contributed by atoms with Crippen LogP contribution in [0.5, 0.6) is 0 Å². The molecule has 1 aliphatic heterocycles. The molecular formula is C26H30Cl3N5. The van der Waals surface area contributed by atoms with Crippen molar-refractivity contribution in [3.8, 4) is 11.4 Å². The van der Waals surface area contributed by atoms with Crippen LogP contribution in [0.15, 0.2) is 48.5 Å². The number of benzene rings is 2. The minimum absolute atomic E-state index is 0.0520. The molecule has 1 saturated heterocycles. The molecule has 34 heavy (non-hydrogen) atoms. The molecule has 0 aliphatic carbocycles. The molecule has 180 valence electrons. The van der Waals surface area contributed by atoms with Crippen LogP contribution >= 0.6 is 34.8 Å². The van der Waals surface area contributed by atoms with Crippen LogP contribution in [-0.4, -0.2) is 32.9 Å². The molecule has 0 bridgehead atoms. The Hall–Kier alpha value is -1.92. The summed E-state index contributed by atoms with van der Waals surface area (Å²) in [5.41, 5.74) is 4.55. The van der Waals surface area contributed by atoms with Crippen molar-refractivity contribution in [1.82, 2.24) is 19.9 Å². The summed E-state index contributed by atoms with van der Waals surface area (Å²) in [6, 6.07) is 16.7. The summed E-state index contributed by atoms with van der Waals surface area (Å²) < 4.78 is -1.75. The Kier molecular flexibility index (Phi) is 7.68. The van der Waals surface area contributed by atoms with E-state index in [0.717, 1.165) is 17.7 Å². The van der Waals surface area contributed by atoms with E-state index >= 15 is 0 Å². The molecule has 4 rings (SSSR count). The molecule has 0 atom stereocenters. The second kappa shape index (κ2) is 10.4. The first kappa shape index (κ1) is 25.2. The monoisotopic (exact) mass is 517 g/mol. The third-order valence-corrected chi connectivity index (χ3v) is 6.45. The molecular weight excluding hydrogens is 489 g/mol. The fraction of sp³-hybridized carbons (Fsp3) is 0.423. The Labute approximate surface area is 216 Å². The summed E-state index contributed by atoms with van der Waals surface area (Å²) in [6.07, 6.45) is 2.57. The number of hydrogen-bond donors (Lipinski definition) is 1. The molecule has 0 radical (unpaired) electrons. The summed E-state index contributed by atoms with van der Waals surface area (Å²) in [4.78, 5) is 15.9. The maximum atomic E-state index is 6.14. The van der Waals surface area contributed by atoms with Crippen molar-refractivity contribution in [2.24, 2.45) is 0 Å². The van der Waals surface area contributed by atoms with Gasteiger partial charge in [-0.3, -0.25) is 4.90 Å². The second-order valence-electron chi connectivity index (χ2n) is 9.79. The lowest BCUT2D eigenvalue weighted by Crippen LogP contribution is -2.18. The van der Waals surface area contributed by atoms with E-state index in [1.54, 1.807) is 0 Å². The van der Waals surface area contributed by atoms with E-state index in [9.17, 15) is 0 Å². The molecule has 8 heteroatoms. The molecule has 2 heterocycles. The Morgan fingerprint density at radius 3 is 2.21 bits per heavy atom. The van der Waals surface area contributed by atoms with Crippen molar-refractivity contribution < 1.29 is 0 Å². The van der Waals surface area contributed by atoms with Gasteiger partial charge in [0, 0.05) is 18.7 Å². The van der Waals surface area contributed by atoms with Gasteiger partial charge in [-0.05, 0) is 48.0 Å². The predicted molar refractivity (Wildman–Crippen MR) is 141 cm³/mol. The zero-order chi connectivity index (χ0) is 24.3. The van der Waals surface area contributed by atoms with Gasteiger partial charge < -0.3 is 5.32 Å². The fourth-order valence-electron chi connectivity index (χ4n) is 4.05. The number of nitrogens with zero attached hydrogens (tertiary/aromatic N) is 4. The highest BCUT2D eigenvalue weighted by Gasteiger charge is 2.28. The molecule has 1 N–H and O–H groups in total. The first-order chi connectivity index (χ1) is 16.1. The molecule has 0 spiro atoms. The molecule has 5 nitrogen and oxygen atoms in total. The van der Waals surface area contributed by atoms with E-state index in [1.807, 2.05) is 12.1 Å². The number of hydrogen-bond acceptors (Lipinski definition) is 5. The number of rotatable bonds is 6. The Balaban J connectivity index is 1.55. The topological polar surface area (TPSA) is 53.9 Å². The molecule has 1 fully saturated rings. The van der Waals surface area contributed by atoms with Crippen LogP contribution in [0.25, 0.3) is 11.4 Å². The lowest BCUT2D eigenvalue weighted by molar-refractivity contribution is 0.331. The molecule has 1 aromatic heterocycles. The van der Waals surface area contributed by atoms with Crippen LogP contribution in [0.3, 0.4) is 0 Å². The maximum Gasteiger partial charge on any atom is 0.250 e. The van der Waals surface area contributed by atoms with Crippen LogP contribution in [-0.2, 0) is 22.3 Å². The van der Waals surface area contributed by atoms with Gasteiger partial charge in [0.25, 0.3) is 0 Å². The van der Waals surface area contributed by atoms with Crippen molar-refractivity contribution in [3.63, 3.8) is 0 Å². The molecule has 0 saturated carbocycles. The van der Waals surface area contributed by atoms with Gasteiger partial charge in [0.1, 0.15) is 0 Å². The second-order valence-corrected chi connectivity index (χ2v) is 12.1. The third kappa shape index (κ3) is 6.60. The van der Waals surface area contributed by atoms with Gasteiger partial charge in [0.2, 0.25) is 9.74 Å². The summed E-state index contributed by atoms with van der Waals surface area (Å²) in [6.45, 7) is 10.4. The number of halogens is 3. The number of anilines is 1. The van der Waals surface area contributed by atoms with E-state index in [0.29, 0.717) is 18.3 Å². The predicted octanol–water partition coefficient (Wildman–Crippen LogP) is 6.87. The van der Waals surface area contributed by atoms with E-state index in [-0.39, 0.29) is 11.2 Å². The highest BCUT2D eigenvalue weighted by molar-refractivity contribution is 6.66. The normalized spacial score (nSPS) is 15.0. The van der Waals surface area contributed by atoms with Crippen molar-refractivity contribution in [2.45, 2.75) is 55.9 Å². The van der Waals surface area contributed by atoms with Gasteiger partial charge in [0.05, 0.1) is 0 Å². The average molecular weight is 519 g/mol. The van der Waals surface area contributed by atoms with Crippen molar-refractivity contribution in [3.05, 3.63) is 71.0 Å². The minimum atomic E-state index is -1.75. The quantitative estimate of drug-likeness (QED) is 0.361. The summed E-state index contributed by atoms with van der Waals surface area (Å²) in [7, 11) is 0. The summed E-state index contributed by atoms with van der Waals surface area (Å²) in [5.74, 6) is 0.922. The molecule has 0 amide bonds. The lowest BCUT2D eigenvalue weighted by Gasteiger charge is -2.19. The highest BCUT2D eigenvalue weighted by Crippen LogP contribution is 2.37. The van der Waals surface area contributed by atoms with Gasteiger partial charge >= 0.3 is 0 Å². The Bertz CT molecular complexity index is 1110. The smallest absolute Gasteiger partial charge is 0.250 e. The van der Waals surface area contributed by atoms with Crippen LogP contribution in [0.2, 0.25) is 0 Å². The van der Waals surface area contributed by atoms with E-state index in [4.69, 9.17) is 34.8 Å². The Morgan fingerprint density at radius 2 is 1.56 bits per heavy atom. The number of nitrogens with one attached hydrogen (secondary N) is 1. The zero-order valence-corrected chi connectivity index (χ0v) is 22.1. The number of aromatic nitrogens is 3. The van der Waals surface area contributed by atoms with Crippen LogP contribution < -0.4 is 5.32 Å². The molecule has 3 aromatic rings. The van der Waals surface area contributed by atoms with Crippen molar-refractivity contribution >= 4 is 40.8 Å². The summed E-state index contributed by atoms with van der Waals surface area (Å²) in [5, 5.41) is 3.29. The zero-order valence-electron chi connectivity index (χ0n) is 19.8. The summed E-state index contributed by atoms with van der Waals surface area (Å²) >= 11 is 18.4. The number of likely N-dealkylation sites (tertiary alicyclic amines) is 1. The molecule has 1 aliphatic rings. The van der Waals surface area contributed by atoms with Gasteiger partial charge in [-0.25, -0.2) is 4.98 Å². The van der Waals surface area contributed by atoms with Gasteiger partial charge in [-0.1, -0.05) is 104 Å². The SMILES string of the molecule is CC(C)(C)c1ccc(-c2nc(NCc3cccc(CN4CCCC4)c3)nc(C(Cl)(Cl)Cl)n2)cc1. The van der Waals surface area contributed by atoms with Crippen LogP contribution in [0.1, 0.15) is 56.1 Å². The van der Waals surface area contributed by atoms with Crippen molar-refractivity contribution in [2.75, 3.05) is 18.4 Å². The third-order valence-electron chi connectivity index (χ3n) is 5.94. The van der Waals surface area contributed by atoms with E-state index in [1.165, 1.54) is 37.1 Å². The fourth-order valence-corrected chi connectivity index (χ4v) is 4.30. The molecule has 0 unspecified atom stereocenters. The molecule has 2 aromatic carbocycles.